The molecule has 0 atom stereocenters. The Hall–Kier alpha value is -2.73. The van der Waals surface area contributed by atoms with Crippen molar-refractivity contribution in [2.75, 3.05) is 6.54 Å². The second-order valence-corrected chi connectivity index (χ2v) is 8.98. The molecule has 0 aromatic heterocycles. The minimum atomic E-state index is -0.254. The van der Waals surface area contributed by atoms with Crippen LogP contribution in [-0.2, 0) is 17.8 Å². The Morgan fingerprint density at radius 1 is 0.875 bits per heavy atom. The van der Waals surface area contributed by atoms with Gasteiger partial charge in [0, 0.05) is 6.54 Å². The number of carbonyl (C=O) groups excluding carboxylic acids is 2. The largest absolute Gasteiger partial charge is 0.489 e. The van der Waals surface area contributed by atoms with E-state index in [1.165, 1.54) is 4.90 Å². The maximum Gasteiger partial charge on any atom is 0.293 e. The average Bonchev–Trinajstić information content (AvgIpc) is 3.07. The molecule has 0 aliphatic carbocycles. The summed E-state index contributed by atoms with van der Waals surface area (Å²) in [5.74, 6) is 0.431. The van der Waals surface area contributed by atoms with Gasteiger partial charge in [-0.05, 0) is 65.2 Å². The molecule has 1 heterocycles. The number of amides is 2. The monoisotopic (exact) mass is 483 g/mol. The fraction of sp³-hybridized carbons (Fsp3) is 0.120. The summed E-state index contributed by atoms with van der Waals surface area (Å²) >= 11 is 12.9. The zero-order valence-electron chi connectivity index (χ0n) is 17.0. The van der Waals surface area contributed by atoms with E-state index >= 15 is 0 Å². The van der Waals surface area contributed by atoms with Crippen molar-refractivity contribution in [1.29, 1.82) is 0 Å². The van der Waals surface area contributed by atoms with E-state index in [0.29, 0.717) is 40.3 Å². The number of thioether (sulfide) groups is 1. The number of nitrogens with zero attached hydrogens (tertiary/aromatic N) is 1. The Morgan fingerprint density at radius 2 is 1.62 bits per heavy atom. The first-order valence-electron chi connectivity index (χ1n) is 9.96. The normalized spacial score (nSPS) is 14.9. The molecule has 1 aliphatic heterocycles. The van der Waals surface area contributed by atoms with Gasteiger partial charge in [-0.25, -0.2) is 0 Å². The highest BCUT2D eigenvalue weighted by molar-refractivity contribution is 8.18. The third-order valence-electron chi connectivity index (χ3n) is 4.91. The number of rotatable bonds is 7. The van der Waals surface area contributed by atoms with Gasteiger partial charge in [0.15, 0.2) is 0 Å². The van der Waals surface area contributed by atoms with Gasteiger partial charge in [0.05, 0.1) is 15.0 Å². The Labute approximate surface area is 200 Å². The summed E-state index contributed by atoms with van der Waals surface area (Å²) in [5, 5.41) is 0.754. The van der Waals surface area contributed by atoms with Crippen LogP contribution >= 0.6 is 35.0 Å². The molecule has 0 N–H and O–H groups in total. The lowest BCUT2D eigenvalue weighted by Gasteiger charge is -2.12. The topological polar surface area (TPSA) is 46.6 Å². The van der Waals surface area contributed by atoms with Gasteiger partial charge in [0.25, 0.3) is 11.1 Å². The number of benzene rings is 3. The third-order valence-corrected chi connectivity index (χ3v) is 6.55. The van der Waals surface area contributed by atoms with E-state index in [9.17, 15) is 9.59 Å². The van der Waals surface area contributed by atoms with E-state index in [-0.39, 0.29) is 11.1 Å². The second-order valence-electron chi connectivity index (χ2n) is 7.18. The minimum Gasteiger partial charge on any atom is -0.489 e. The molecule has 4 nitrogen and oxygen atoms in total. The second kappa shape index (κ2) is 10.3. The fourth-order valence-electron chi connectivity index (χ4n) is 3.19. The van der Waals surface area contributed by atoms with Crippen LogP contribution in [-0.4, -0.2) is 22.6 Å². The Balaban J connectivity index is 1.36. The summed E-state index contributed by atoms with van der Waals surface area (Å²) in [6.45, 7) is 0.726. The van der Waals surface area contributed by atoms with Crippen LogP contribution in [0.5, 0.6) is 5.75 Å². The zero-order chi connectivity index (χ0) is 22.5. The van der Waals surface area contributed by atoms with E-state index in [4.69, 9.17) is 27.9 Å². The molecular weight excluding hydrogens is 465 g/mol. The molecule has 4 rings (SSSR count). The highest BCUT2D eigenvalue weighted by Gasteiger charge is 2.34. The molecule has 0 radical (unpaired) electrons. The number of carbonyl (C=O) groups is 2. The summed E-state index contributed by atoms with van der Waals surface area (Å²) in [6.07, 6.45) is 2.37. The SMILES string of the molecule is O=C1S/C(=C\c2ccc(OCc3ccc(Cl)c(Cl)c3)cc2)C(=O)N1CCc1ccccc1. The summed E-state index contributed by atoms with van der Waals surface area (Å²) in [4.78, 5) is 26.7. The smallest absolute Gasteiger partial charge is 0.293 e. The number of halogens is 2. The van der Waals surface area contributed by atoms with Gasteiger partial charge in [0.1, 0.15) is 12.4 Å². The Morgan fingerprint density at radius 3 is 2.34 bits per heavy atom. The maximum atomic E-state index is 12.7. The van der Waals surface area contributed by atoms with Crippen LogP contribution in [0.2, 0.25) is 10.0 Å². The van der Waals surface area contributed by atoms with Crippen molar-refractivity contribution < 1.29 is 14.3 Å². The predicted octanol–water partition coefficient (Wildman–Crippen LogP) is 6.85. The van der Waals surface area contributed by atoms with Crippen molar-refractivity contribution in [3.8, 4) is 5.75 Å². The van der Waals surface area contributed by atoms with Gasteiger partial charge in [-0.15, -0.1) is 0 Å². The Bertz CT molecular complexity index is 1160. The number of imide groups is 1. The van der Waals surface area contributed by atoms with Crippen LogP contribution in [0.4, 0.5) is 4.79 Å². The van der Waals surface area contributed by atoms with E-state index in [2.05, 4.69) is 0 Å². The molecule has 0 bridgehead atoms. The van der Waals surface area contributed by atoms with Crippen LogP contribution in [0, 0.1) is 0 Å². The molecule has 3 aromatic rings. The van der Waals surface area contributed by atoms with Crippen LogP contribution < -0.4 is 4.74 Å². The van der Waals surface area contributed by atoms with Gasteiger partial charge >= 0.3 is 0 Å². The molecule has 2 amide bonds. The van der Waals surface area contributed by atoms with Gasteiger partial charge in [-0.3, -0.25) is 14.5 Å². The van der Waals surface area contributed by atoms with Crippen LogP contribution in [0.15, 0.2) is 77.7 Å². The number of hydrogen-bond acceptors (Lipinski definition) is 4. The molecule has 162 valence electrons. The fourth-order valence-corrected chi connectivity index (χ4v) is 4.37. The van der Waals surface area contributed by atoms with Crippen molar-refractivity contribution in [2.24, 2.45) is 0 Å². The van der Waals surface area contributed by atoms with Crippen molar-refractivity contribution in [3.63, 3.8) is 0 Å². The van der Waals surface area contributed by atoms with Gasteiger partial charge in [0.2, 0.25) is 0 Å². The zero-order valence-corrected chi connectivity index (χ0v) is 19.3. The van der Waals surface area contributed by atoms with E-state index in [1.807, 2.05) is 60.7 Å². The van der Waals surface area contributed by atoms with E-state index < -0.39 is 0 Å². The highest BCUT2D eigenvalue weighted by Crippen LogP contribution is 2.32. The van der Waals surface area contributed by atoms with Crippen LogP contribution in [0.1, 0.15) is 16.7 Å². The summed E-state index contributed by atoms with van der Waals surface area (Å²) in [6, 6.07) is 22.5. The molecule has 0 saturated carbocycles. The average molecular weight is 484 g/mol. The van der Waals surface area contributed by atoms with Crippen molar-refractivity contribution in [3.05, 3.63) is 104 Å². The third kappa shape index (κ3) is 5.54. The summed E-state index contributed by atoms with van der Waals surface area (Å²) < 4.78 is 5.78. The molecular formula is C25H19Cl2NO3S. The summed E-state index contributed by atoms with van der Waals surface area (Å²) in [5.41, 5.74) is 2.82. The van der Waals surface area contributed by atoms with Gasteiger partial charge in [-0.1, -0.05) is 71.7 Å². The van der Waals surface area contributed by atoms with Crippen molar-refractivity contribution in [2.45, 2.75) is 13.0 Å². The Kier molecular flexibility index (Phi) is 7.20. The number of hydrogen-bond donors (Lipinski definition) is 0. The van der Waals surface area contributed by atoms with E-state index in [0.717, 1.165) is 28.5 Å². The maximum absolute atomic E-state index is 12.7. The van der Waals surface area contributed by atoms with Crippen molar-refractivity contribution in [1.82, 2.24) is 4.90 Å². The molecule has 0 unspecified atom stereocenters. The molecule has 0 spiro atoms. The molecule has 7 heteroatoms. The molecule has 1 aliphatic rings. The van der Waals surface area contributed by atoms with Crippen molar-refractivity contribution >= 4 is 52.2 Å². The van der Waals surface area contributed by atoms with E-state index in [1.54, 1.807) is 18.2 Å². The lowest BCUT2D eigenvalue weighted by molar-refractivity contribution is -0.122. The lowest BCUT2D eigenvalue weighted by Crippen LogP contribution is -2.30. The first-order valence-corrected chi connectivity index (χ1v) is 11.5. The number of ether oxygens (including phenoxy) is 1. The highest BCUT2D eigenvalue weighted by atomic mass is 35.5. The lowest BCUT2D eigenvalue weighted by atomic mass is 10.1. The van der Waals surface area contributed by atoms with Crippen LogP contribution in [0.3, 0.4) is 0 Å². The quantitative estimate of drug-likeness (QED) is 0.344. The van der Waals surface area contributed by atoms with Gasteiger partial charge < -0.3 is 4.74 Å². The summed E-state index contributed by atoms with van der Waals surface area (Å²) in [7, 11) is 0. The first-order chi connectivity index (χ1) is 15.5. The molecule has 1 saturated heterocycles. The predicted molar refractivity (Wildman–Crippen MR) is 130 cm³/mol. The minimum absolute atomic E-state index is 0.237. The van der Waals surface area contributed by atoms with Gasteiger partial charge in [-0.2, -0.15) is 0 Å². The standard InChI is InChI=1S/C25H19Cl2NO3S/c26-21-11-8-19(14-22(21)27)16-31-20-9-6-18(7-10-20)15-23-24(29)28(25(30)32-23)13-12-17-4-2-1-3-5-17/h1-11,14-15H,12-13,16H2/b23-15-. The molecule has 3 aromatic carbocycles. The van der Waals surface area contributed by atoms with Crippen LogP contribution in [0.25, 0.3) is 6.08 Å². The molecule has 32 heavy (non-hydrogen) atoms. The molecule has 1 fully saturated rings. The first kappa shape index (κ1) is 22.5.